The van der Waals surface area contributed by atoms with Gasteiger partial charge in [-0.2, -0.15) is 0 Å². The third-order valence-electron chi connectivity index (χ3n) is 2.11. The molecule has 0 aliphatic heterocycles. The number of carbonyl (C=O) groups is 2. The Morgan fingerprint density at radius 2 is 1.88 bits per heavy atom. The second-order valence-electron chi connectivity index (χ2n) is 4.31. The minimum absolute atomic E-state index is 0.0646. The molecule has 0 aliphatic carbocycles. The zero-order valence-electron chi connectivity index (χ0n) is 10.8. The summed E-state index contributed by atoms with van der Waals surface area (Å²) in [5.41, 5.74) is 0. The van der Waals surface area contributed by atoms with E-state index in [4.69, 9.17) is 0 Å². The average Bonchev–Trinajstić information content (AvgIpc) is 2.25. The Morgan fingerprint density at radius 1 is 1.29 bits per heavy atom. The lowest BCUT2D eigenvalue weighted by atomic mass is 10.2. The van der Waals surface area contributed by atoms with E-state index < -0.39 is 16.8 Å². The van der Waals surface area contributed by atoms with Gasteiger partial charge in [0.25, 0.3) is 0 Å². The molecule has 0 aromatic carbocycles. The Morgan fingerprint density at radius 3 is 2.35 bits per heavy atom. The van der Waals surface area contributed by atoms with Gasteiger partial charge in [-0.05, 0) is 5.92 Å². The van der Waals surface area contributed by atoms with Crippen LogP contribution in [0.2, 0.25) is 0 Å². The molecule has 0 aromatic heterocycles. The number of ether oxygens (including phenoxy) is 1. The zero-order chi connectivity index (χ0) is 13.4. The van der Waals surface area contributed by atoms with Gasteiger partial charge in [-0.15, -0.1) is 0 Å². The first-order chi connectivity index (χ1) is 7.86. The fraction of sp³-hybridized carbons (Fsp3) is 0.818. The molecule has 0 saturated heterocycles. The summed E-state index contributed by atoms with van der Waals surface area (Å²) < 4.78 is 16.2. The first kappa shape index (κ1) is 16.1. The fourth-order valence-corrected chi connectivity index (χ4v) is 2.02. The molecule has 1 N–H and O–H groups in total. The van der Waals surface area contributed by atoms with Crippen LogP contribution in [-0.2, 0) is 25.1 Å². The monoisotopic (exact) mass is 263 g/mol. The van der Waals surface area contributed by atoms with Crippen LogP contribution in [0.15, 0.2) is 0 Å². The van der Waals surface area contributed by atoms with E-state index in [1.54, 1.807) is 6.92 Å². The minimum atomic E-state index is -1.34. The van der Waals surface area contributed by atoms with Crippen molar-refractivity contribution in [1.29, 1.82) is 0 Å². The second-order valence-corrected chi connectivity index (χ2v) is 6.17. The average molecular weight is 263 g/mol. The number of carbonyl (C=O) groups excluding carboxylic acids is 2. The third-order valence-corrected chi connectivity index (χ3v) is 3.72. The smallest absolute Gasteiger partial charge is 0.306 e. The van der Waals surface area contributed by atoms with E-state index in [0.717, 1.165) is 0 Å². The van der Waals surface area contributed by atoms with Crippen LogP contribution >= 0.6 is 0 Å². The molecule has 1 amide bonds. The van der Waals surface area contributed by atoms with E-state index in [9.17, 15) is 13.8 Å². The molecule has 6 heteroatoms. The number of methoxy groups -OCH3 is 1. The predicted molar refractivity (Wildman–Crippen MR) is 67.0 cm³/mol. The van der Waals surface area contributed by atoms with E-state index in [0.29, 0.717) is 12.5 Å². The van der Waals surface area contributed by atoms with Crippen molar-refractivity contribution in [2.45, 2.75) is 32.4 Å². The molecule has 0 bridgehead atoms. The largest absolute Gasteiger partial charge is 0.469 e. The predicted octanol–water partition coefficient (Wildman–Crippen LogP) is 0.459. The van der Waals surface area contributed by atoms with Gasteiger partial charge in [0.15, 0.2) is 0 Å². The molecule has 17 heavy (non-hydrogen) atoms. The molecule has 0 rings (SSSR count). The van der Waals surface area contributed by atoms with Gasteiger partial charge in [-0.1, -0.05) is 20.8 Å². The molecule has 0 aromatic rings. The van der Waals surface area contributed by atoms with Crippen molar-refractivity contribution in [3.63, 3.8) is 0 Å². The summed E-state index contributed by atoms with van der Waals surface area (Å²) >= 11 is 0. The summed E-state index contributed by atoms with van der Waals surface area (Å²) in [6.07, 6.45) is 0.0700. The molecular formula is C11H21NO4S. The van der Waals surface area contributed by atoms with Crippen LogP contribution in [0, 0.1) is 5.92 Å². The number of amides is 1. The van der Waals surface area contributed by atoms with Gasteiger partial charge in [0.05, 0.1) is 13.5 Å². The highest BCUT2D eigenvalue weighted by Gasteiger charge is 2.18. The number of nitrogens with one attached hydrogen (secondary N) is 1. The van der Waals surface area contributed by atoms with E-state index in [1.165, 1.54) is 7.11 Å². The molecule has 100 valence electrons. The lowest BCUT2D eigenvalue weighted by molar-refractivity contribution is -0.140. The maximum atomic E-state index is 11.7. The highest BCUT2D eigenvalue weighted by molar-refractivity contribution is 7.86. The number of hydrogen-bond donors (Lipinski definition) is 1. The van der Waals surface area contributed by atoms with E-state index >= 15 is 0 Å². The Bertz CT molecular complexity index is 291. The Hall–Kier alpha value is -0.910. The lowest BCUT2D eigenvalue weighted by Crippen LogP contribution is -2.33. The van der Waals surface area contributed by atoms with Crippen LogP contribution in [-0.4, -0.2) is 40.7 Å². The van der Waals surface area contributed by atoms with Crippen molar-refractivity contribution >= 4 is 22.7 Å². The lowest BCUT2D eigenvalue weighted by Gasteiger charge is -2.11. The summed E-state index contributed by atoms with van der Waals surface area (Å²) in [6.45, 7) is 6.21. The summed E-state index contributed by atoms with van der Waals surface area (Å²) in [6, 6.07) is 0. The van der Waals surface area contributed by atoms with Crippen LogP contribution in [0.25, 0.3) is 0 Å². The number of hydrogen-bond acceptors (Lipinski definition) is 4. The van der Waals surface area contributed by atoms with Gasteiger partial charge in [0.1, 0.15) is 5.75 Å². The highest BCUT2D eigenvalue weighted by atomic mass is 32.2. The van der Waals surface area contributed by atoms with Gasteiger partial charge in [-0.25, -0.2) is 0 Å². The quantitative estimate of drug-likeness (QED) is 0.677. The summed E-state index contributed by atoms with van der Waals surface area (Å²) in [5, 5.41) is 2.32. The molecule has 0 radical (unpaired) electrons. The molecule has 0 fully saturated rings. The first-order valence-corrected chi connectivity index (χ1v) is 6.95. The molecule has 0 spiro atoms. The van der Waals surface area contributed by atoms with E-state index in [2.05, 4.69) is 10.1 Å². The molecule has 0 saturated carbocycles. The SMILES string of the molecule is COC(=O)CC(C)S(=O)CC(=O)NCC(C)C. The molecular weight excluding hydrogens is 242 g/mol. The van der Waals surface area contributed by atoms with Crippen LogP contribution < -0.4 is 5.32 Å². The van der Waals surface area contributed by atoms with Crippen molar-refractivity contribution in [2.24, 2.45) is 5.92 Å². The summed E-state index contributed by atoms with van der Waals surface area (Å²) in [7, 11) is -0.0596. The van der Waals surface area contributed by atoms with Crippen LogP contribution in [0.3, 0.4) is 0 Å². The zero-order valence-corrected chi connectivity index (χ0v) is 11.6. The topological polar surface area (TPSA) is 72.5 Å². The third kappa shape index (κ3) is 7.90. The molecule has 5 nitrogen and oxygen atoms in total. The standard InChI is InChI=1S/C11H21NO4S/c1-8(2)6-12-10(13)7-17(15)9(3)5-11(14)16-4/h8-9H,5-7H2,1-4H3,(H,12,13). The minimum Gasteiger partial charge on any atom is -0.469 e. The molecule has 2 unspecified atom stereocenters. The van der Waals surface area contributed by atoms with Crippen molar-refractivity contribution < 1.29 is 18.5 Å². The Kier molecular flexibility index (Phi) is 7.78. The molecule has 0 heterocycles. The van der Waals surface area contributed by atoms with E-state index in [1.807, 2.05) is 13.8 Å². The maximum absolute atomic E-state index is 11.7. The van der Waals surface area contributed by atoms with E-state index in [-0.39, 0.29) is 23.3 Å². The van der Waals surface area contributed by atoms with Gasteiger partial charge in [0, 0.05) is 22.6 Å². The van der Waals surface area contributed by atoms with Gasteiger partial charge < -0.3 is 10.1 Å². The van der Waals surface area contributed by atoms with Crippen molar-refractivity contribution in [1.82, 2.24) is 5.32 Å². The number of rotatable bonds is 7. The Labute approximate surface area is 105 Å². The van der Waals surface area contributed by atoms with Crippen molar-refractivity contribution in [3.8, 4) is 0 Å². The normalized spacial score (nSPS) is 14.2. The van der Waals surface area contributed by atoms with Crippen LogP contribution in [0.1, 0.15) is 27.2 Å². The fourth-order valence-electron chi connectivity index (χ4n) is 1.05. The van der Waals surface area contributed by atoms with Crippen molar-refractivity contribution in [2.75, 3.05) is 19.4 Å². The van der Waals surface area contributed by atoms with Gasteiger partial charge in [0.2, 0.25) is 5.91 Å². The van der Waals surface area contributed by atoms with Crippen LogP contribution in [0.5, 0.6) is 0 Å². The van der Waals surface area contributed by atoms with Crippen molar-refractivity contribution in [3.05, 3.63) is 0 Å². The summed E-state index contributed by atoms with van der Waals surface area (Å²) in [4.78, 5) is 22.4. The van der Waals surface area contributed by atoms with Gasteiger partial charge >= 0.3 is 5.97 Å². The van der Waals surface area contributed by atoms with Gasteiger partial charge in [-0.3, -0.25) is 13.8 Å². The second kappa shape index (κ2) is 8.22. The summed E-state index contributed by atoms with van der Waals surface area (Å²) in [5.74, 6) is -0.354. The number of esters is 1. The maximum Gasteiger partial charge on any atom is 0.306 e. The molecule has 0 aliphatic rings. The van der Waals surface area contributed by atoms with Crippen LogP contribution in [0.4, 0.5) is 0 Å². The Balaban J connectivity index is 3.99. The highest BCUT2D eigenvalue weighted by Crippen LogP contribution is 2.03. The molecule has 2 atom stereocenters. The first-order valence-electron chi connectivity index (χ1n) is 5.57.